The molecule has 152 valence electrons. The third-order valence-electron chi connectivity index (χ3n) is 4.57. The van der Waals surface area contributed by atoms with Crippen LogP contribution in [0.25, 0.3) is 0 Å². The van der Waals surface area contributed by atoms with Gasteiger partial charge in [0.1, 0.15) is 18.3 Å². The molecule has 0 aliphatic carbocycles. The Hall–Kier alpha value is -3.28. The fourth-order valence-electron chi connectivity index (χ4n) is 3.09. The highest BCUT2D eigenvalue weighted by Crippen LogP contribution is 2.31. The molecule has 2 atom stereocenters. The number of rotatable bonds is 7. The van der Waals surface area contributed by atoms with Gasteiger partial charge in [-0.2, -0.15) is 0 Å². The van der Waals surface area contributed by atoms with Gasteiger partial charge in [-0.15, -0.1) is 0 Å². The van der Waals surface area contributed by atoms with Crippen LogP contribution in [0.3, 0.4) is 0 Å². The van der Waals surface area contributed by atoms with Crippen molar-refractivity contribution < 1.29 is 19.1 Å². The number of urea groups is 1. The molecule has 2 aromatic rings. The maximum absolute atomic E-state index is 12.6. The molecule has 0 bridgehead atoms. The lowest BCUT2D eigenvalue weighted by Crippen LogP contribution is -2.51. The predicted molar refractivity (Wildman–Crippen MR) is 110 cm³/mol. The second kappa shape index (κ2) is 9.28. The molecule has 6 nitrogen and oxygen atoms in total. The summed E-state index contributed by atoms with van der Waals surface area (Å²) >= 11 is 0. The quantitative estimate of drug-likeness (QED) is 0.697. The van der Waals surface area contributed by atoms with Gasteiger partial charge in [-0.3, -0.25) is 4.79 Å². The van der Waals surface area contributed by atoms with Gasteiger partial charge in [-0.25, -0.2) is 4.79 Å². The summed E-state index contributed by atoms with van der Waals surface area (Å²) in [5.74, 6) is -0.193. The lowest BCUT2D eigenvalue weighted by molar-refractivity contribution is -0.149. The summed E-state index contributed by atoms with van der Waals surface area (Å²) in [6.45, 7) is 8.57. The number of esters is 1. The summed E-state index contributed by atoms with van der Waals surface area (Å²) in [6, 6.07) is 16.3. The molecule has 1 aliphatic heterocycles. The van der Waals surface area contributed by atoms with Gasteiger partial charge in [0.2, 0.25) is 0 Å². The Morgan fingerprint density at radius 1 is 1.10 bits per heavy atom. The second-order valence-electron chi connectivity index (χ2n) is 7.45. The minimum Gasteiger partial charge on any atom is -0.489 e. The summed E-state index contributed by atoms with van der Waals surface area (Å²) in [7, 11) is 0. The van der Waals surface area contributed by atoms with E-state index in [1.807, 2.05) is 68.4 Å². The van der Waals surface area contributed by atoms with Gasteiger partial charge in [0, 0.05) is 5.70 Å². The first-order chi connectivity index (χ1) is 13.9. The molecule has 2 unspecified atom stereocenters. The highest BCUT2D eigenvalue weighted by molar-refractivity contribution is 5.85. The Kier molecular flexibility index (Phi) is 6.54. The topological polar surface area (TPSA) is 76.7 Å². The molecule has 2 aromatic carbocycles. The van der Waals surface area contributed by atoms with Crippen LogP contribution in [0.2, 0.25) is 0 Å². The zero-order valence-electron chi connectivity index (χ0n) is 16.7. The summed E-state index contributed by atoms with van der Waals surface area (Å²) < 4.78 is 11.2. The van der Waals surface area contributed by atoms with Crippen LogP contribution in [0.15, 0.2) is 66.9 Å². The Morgan fingerprint density at radius 2 is 1.79 bits per heavy atom. The zero-order valence-corrected chi connectivity index (χ0v) is 16.7. The van der Waals surface area contributed by atoms with E-state index in [0.717, 1.165) is 11.1 Å². The number of amides is 2. The van der Waals surface area contributed by atoms with Crippen LogP contribution in [-0.4, -0.2) is 18.6 Å². The molecule has 1 fully saturated rings. The van der Waals surface area contributed by atoms with E-state index in [-0.39, 0.29) is 5.92 Å². The van der Waals surface area contributed by atoms with Crippen LogP contribution in [0, 0.1) is 11.8 Å². The average Bonchev–Trinajstić information content (AvgIpc) is 2.71. The van der Waals surface area contributed by atoms with E-state index in [1.165, 1.54) is 0 Å². The van der Waals surface area contributed by atoms with Crippen molar-refractivity contribution in [2.24, 2.45) is 11.8 Å². The van der Waals surface area contributed by atoms with E-state index >= 15 is 0 Å². The summed E-state index contributed by atoms with van der Waals surface area (Å²) in [5, 5.41) is 5.38. The average molecular weight is 394 g/mol. The SMILES string of the molecule is C=C1NC(=O)NC(c2ccc(OCc3ccccc3)cc2)C1C(=O)OCC(C)C. The summed E-state index contributed by atoms with van der Waals surface area (Å²) in [4.78, 5) is 24.6. The van der Waals surface area contributed by atoms with Gasteiger partial charge in [-0.05, 0) is 29.2 Å². The zero-order chi connectivity index (χ0) is 20.8. The van der Waals surface area contributed by atoms with Crippen molar-refractivity contribution in [2.45, 2.75) is 26.5 Å². The first-order valence-corrected chi connectivity index (χ1v) is 9.63. The highest BCUT2D eigenvalue weighted by atomic mass is 16.5. The van der Waals surface area contributed by atoms with Crippen molar-refractivity contribution >= 4 is 12.0 Å². The molecule has 0 radical (unpaired) electrons. The van der Waals surface area contributed by atoms with Gasteiger partial charge in [0.15, 0.2) is 0 Å². The molecular formula is C23H26N2O4. The Labute approximate surface area is 170 Å². The van der Waals surface area contributed by atoms with E-state index in [9.17, 15) is 9.59 Å². The standard InChI is InChI=1S/C23H26N2O4/c1-15(2)13-29-22(26)20-16(3)24-23(27)25-21(20)18-9-11-19(12-10-18)28-14-17-7-5-4-6-8-17/h4-12,15,20-21H,3,13-14H2,1-2H3,(H2,24,25,27). The summed E-state index contributed by atoms with van der Waals surface area (Å²) in [6.07, 6.45) is 0. The molecule has 1 aliphatic rings. The van der Waals surface area contributed by atoms with Crippen LogP contribution in [-0.2, 0) is 16.1 Å². The van der Waals surface area contributed by atoms with Gasteiger partial charge in [-0.1, -0.05) is 62.9 Å². The number of carbonyl (C=O) groups excluding carboxylic acids is 2. The molecule has 2 N–H and O–H groups in total. The van der Waals surface area contributed by atoms with Crippen molar-refractivity contribution in [3.63, 3.8) is 0 Å². The van der Waals surface area contributed by atoms with Gasteiger partial charge in [0.25, 0.3) is 0 Å². The van der Waals surface area contributed by atoms with Gasteiger partial charge in [0.05, 0.1) is 12.6 Å². The molecule has 0 spiro atoms. The third-order valence-corrected chi connectivity index (χ3v) is 4.57. The lowest BCUT2D eigenvalue weighted by atomic mass is 9.89. The van der Waals surface area contributed by atoms with Gasteiger partial charge >= 0.3 is 12.0 Å². The Morgan fingerprint density at radius 3 is 2.45 bits per heavy atom. The third kappa shape index (κ3) is 5.38. The first-order valence-electron chi connectivity index (χ1n) is 9.63. The second-order valence-corrected chi connectivity index (χ2v) is 7.45. The van der Waals surface area contributed by atoms with E-state index in [1.54, 1.807) is 0 Å². The van der Waals surface area contributed by atoms with Crippen LogP contribution in [0.1, 0.15) is 31.0 Å². The van der Waals surface area contributed by atoms with E-state index < -0.39 is 24.0 Å². The summed E-state index contributed by atoms with van der Waals surface area (Å²) in [5.41, 5.74) is 2.18. The van der Waals surface area contributed by atoms with Crippen LogP contribution >= 0.6 is 0 Å². The van der Waals surface area contributed by atoms with Crippen molar-refractivity contribution in [3.8, 4) is 5.75 Å². The monoisotopic (exact) mass is 394 g/mol. The first kappa shape index (κ1) is 20.5. The lowest BCUT2D eigenvalue weighted by Gasteiger charge is -2.33. The molecular weight excluding hydrogens is 368 g/mol. The Bertz CT molecular complexity index is 862. The smallest absolute Gasteiger partial charge is 0.319 e. The number of nitrogens with one attached hydrogen (secondary N) is 2. The number of hydrogen-bond donors (Lipinski definition) is 2. The van der Waals surface area contributed by atoms with E-state index in [0.29, 0.717) is 24.7 Å². The van der Waals surface area contributed by atoms with Crippen molar-refractivity contribution in [3.05, 3.63) is 78.0 Å². The van der Waals surface area contributed by atoms with E-state index in [4.69, 9.17) is 9.47 Å². The highest BCUT2D eigenvalue weighted by Gasteiger charge is 2.38. The molecule has 1 saturated heterocycles. The minimum absolute atomic E-state index is 0.220. The fraction of sp³-hybridized carbons (Fsp3) is 0.304. The Balaban J connectivity index is 1.72. The van der Waals surface area contributed by atoms with Gasteiger partial charge < -0.3 is 20.1 Å². The van der Waals surface area contributed by atoms with Crippen molar-refractivity contribution in [1.29, 1.82) is 0 Å². The molecule has 0 aromatic heterocycles. The van der Waals surface area contributed by atoms with E-state index in [2.05, 4.69) is 17.2 Å². The molecule has 3 rings (SSSR count). The molecule has 1 heterocycles. The molecule has 2 amide bonds. The molecule has 6 heteroatoms. The normalized spacial score (nSPS) is 18.7. The maximum Gasteiger partial charge on any atom is 0.319 e. The largest absolute Gasteiger partial charge is 0.489 e. The maximum atomic E-state index is 12.6. The van der Waals surface area contributed by atoms with Crippen LogP contribution in [0.4, 0.5) is 4.79 Å². The molecule has 29 heavy (non-hydrogen) atoms. The number of carbonyl (C=O) groups is 2. The van der Waals surface area contributed by atoms with Crippen LogP contribution < -0.4 is 15.4 Å². The predicted octanol–water partition coefficient (Wildman–Crippen LogP) is 3.95. The number of benzene rings is 2. The number of hydrogen-bond acceptors (Lipinski definition) is 4. The number of ether oxygens (including phenoxy) is 2. The fourth-order valence-corrected chi connectivity index (χ4v) is 3.09. The van der Waals surface area contributed by atoms with Crippen molar-refractivity contribution in [2.75, 3.05) is 6.61 Å². The molecule has 0 saturated carbocycles. The van der Waals surface area contributed by atoms with Crippen molar-refractivity contribution in [1.82, 2.24) is 10.6 Å². The minimum atomic E-state index is -0.706. The van der Waals surface area contributed by atoms with Crippen LogP contribution in [0.5, 0.6) is 5.75 Å².